The highest BCUT2D eigenvalue weighted by atomic mass is 19.1. The van der Waals surface area contributed by atoms with Crippen molar-refractivity contribution in [1.29, 1.82) is 0 Å². The quantitative estimate of drug-likeness (QED) is 0.646. The lowest BCUT2D eigenvalue weighted by atomic mass is 9.84. The fourth-order valence-electron chi connectivity index (χ4n) is 5.22. The van der Waals surface area contributed by atoms with Gasteiger partial charge in [0.25, 0.3) is 5.91 Å². The molecular weight excluding hydrogens is 351 g/mol. The van der Waals surface area contributed by atoms with Gasteiger partial charge in [0.15, 0.2) is 0 Å². The van der Waals surface area contributed by atoms with Crippen molar-refractivity contribution in [2.24, 2.45) is 5.92 Å². The average Bonchev–Trinajstić information content (AvgIpc) is 2.98. The van der Waals surface area contributed by atoms with Gasteiger partial charge in [-0.3, -0.25) is 9.78 Å². The zero-order valence-corrected chi connectivity index (χ0v) is 15.7. The number of aromatic nitrogens is 1. The van der Waals surface area contributed by atoms with E-state index >= 15 is 0 Å². The highest BCUT2D eigenvalue weighted by Gasteiger charge is 2.43. The Labute approximate surface area is 164 Å². The van der Waals surface area contributed by atoms with Crippen LogP contribution in [-0.2, 0) is 6.42 Å². The maximum atomic E-state index is 13.6. The van der Waals surface area contributed by atoms with Gasteiger partial charge < -0.3 is 4.90 Å². The van der Waals surface area contributed by atoms with Crippen molar-refractivity contribution in [2.75, 3.05) is 0 Å². The van der Waals surface area contributed by atoms with E-state index in [2.05, 4.69) is 29.2 Å². The van der Waals surface area contributed by atoms with Gasteiger partial charge in [0.1, 0.15) is 5.82 Å². The summed E-state index contributed by atoms with van der Waals surface area (Å²) in [4.78, 5) is 19.3. The maximum absolute atomic E-state index is 13.6. The van der Waals surface area contributed by atoms with Crippen LogP contribution in [-0.4, -0.2) is 27.9 Å². The monoisotopic (exact) mass is 374 g/mol. The number of fused-ring (bicyclic) bond motifs is 3. The smallest absolute Gasteiger partial charge is 0.254 e. The Kier molecular flexibility index (Phi) is 4.34. The van der Waals surface area contributed by atoms with Gasteiger partial charge in [-0.1, -0.05) is 24.3 Å². The second-order valence-corrected chi connectivity index (χ2v) is 8.16. The molecule has 2 bridgehead atoms. The highest BCUT2D eigenvalue weighted by Crippen LogP contribution is 2.41. The summed E-state index contributed by atoms with van der Waals surface area (Å²) in [5, 5.41) is 2.46. The molecule has 0 radical (unpaired) electrons. The molecule has 0 aliphatic carbocycles. The molecule has 3 heterocycles. The number of piperidine rings is 1. The van der Waals surface area contributed by atoms with E-state index in [9.17, 15) is 9.18 Å². The Balaban J connectivity index is 1.35. The Bertz CT molecular complexity index is 1010. The number of nitrogens with zero attached hydrogens (tertiary/aromatic N) is 2. The lowest BCUT2D eigenvalue weighted by Crippen LogP contribution is -2.46. The van der Waals surface area contributed by atoms with E-state index in [0.29, 0.717) is 11.5 Å². The van der Waals surface area contributed by atoms with Gasteiger partial charge in [0.05, 0.1) is 0 Å². The largest absolute Gasteiger partial charge is 0.333 e. The van der Waals surface area contributed by atoms with Crippen LogP contribution in [0.5, 0.6) is 0 Å². The number of hydrogen-bond acceptors (Lipinski definition) is 2. The molecule has 2 unspecified atom stereocenters. The molecule has 2 fully saturated rings. The summed E-state index contributed by atoms with van der Waals surface area (Å²) >= 11 is 0. The standard InChI is InChI=1S/C24H23FN2O/c25-20-6-2-5-19(14-20)24(28)27-21-7-8-22(27)13-16(12-21)11-18-4-1-3-17-9-10-26-15-23(17)18/h1-6,9-10,14-16,21-22H,7-8,11-13H2. The fourth-order valence-corrected chi connectivity index (χ4v) is 5.22. The molecule has 2 aromatic carbocycles. The molecule has 2 saturated heterocycles. The number of hydrogen-bond donors (Lipinski definition) is 0. The van der Waals surface area contributed by atoms with Crippen LogP contribution < -0.4 is 0 Å². The van der Waals surface area contributed by atoms with Gasteiger partial charge in [0, 0.05) is 35.4 Å². The van der Waals surface area contributed by atoms with Crippen LogP contribution in [0.3, 0.4) is 0 Å². The molecule has 3 nitrogen and oxygen atoms in total. The molecule has 142 valence electrons. The molecule has 3 aromatic rings. The van der Waals surface area contributed by atoms with Crippen LogP contribution in [0.4, 0.5) is 4.39 Å². The van der Waals surface area contributed by atoms with Crippen molar-refractivity contribution in [1.82, 2.24) is 9.88 Å². The van der Waals surface area contributed by atoms with Crippen LogP contribution in [0.2, 0.25) is 0 Å². The summed E-state index contributed by atoms with van der Waals surface area (Å²) in [6.45, 7) is 0. The molecule has 1 aromatic heterocycles. The van der Waals surface area contributed by atoms with Crippen LogP contribution in [0.1, 0.15) is 41.6 Å². The van der Waals surface area contributed by atoms with Crippen molar-refractivity contribution in [2.45, 2.75) is 44.2 Å². The minimum atomic E-state index is -0.349. The van der Waals surface area contributed by atoms with Crippen LogP contribution in [0, 0.1) is 11.7 Å². The highest BCUT2D eigenvalue weighted by molar-refractivity contribution is 5.95. The maximum Gasteiger partial charge on any atom is 0.254 e. The fraction of sp³-hybridized carbons (Fsp3) is 0.333. The SMILES string of the molecule is O=C(c1cccc(F)c1)N1C2CCC1CC(Cc1cccc3ccncc13)C2. The summed E-state index contributed by atoms with van der Waals surface area (Å²) in [5.74, 6) is 0.206. The van der Waals surface area contributed by atoms with Crippen LogP contribution >= 0.6 is 0 Å². The third-order valence-corrected chi connectivity index (χ3v) is 6.42. The first kappa shape index (κ1) is 17.4. The predicted octanol–water partition coefficient (Wildman–Crippen LogP) is 5.00. The van der Waals surface area contributed by atoms with Crippen molar-refractivity contribution >= 4 is 16.7 Å². The van der Waals surface area contributed by atoms with Crippen LogP contribution in [0.25, 0.3) is 10.8 Å². The topological polar surface area (TPSA) is 33.2 Å². The summed E-state index contributed by atoms with van der Waals surface area (Å²) in [7, 11) is 0. The number of benzene rings is 2. The molecule has 0 saturated carbocycles. The second kappa shape index (κ2) is 7.01. The molecular formula is C24H23FN2O. The van der Waals surface area contributed by atoms with Gasteiger partial charge in [-0.2, -0.15) is 0 Å². The summed E-state index contributed by atoms with van der Waals surface area (Å²) in [6.07, 6.45) is 8.98. The molecule has 0 spiro atoms. The van der Waals surface area contributed by atoms with Gasteiger partial charge in [-0.05, 0) is 73.2 Å². The van der Waals surface area contributed by atoms with E-state index in [1.54, 1.807) is 12.1 Å². The summed E-state index contributed by atoms with van der Waals surface area (Å²) in [6, 6.07) is 15.1. The number of amides is 1. The van der Waals surface area contributed by atoms with E-state index in [-0.39, 0.29) is 23.8 Å². The first-order chi connectivity index (χ1) is 13.7. The van der Waals surface area contributed by atoms with Gasteiger partial charge in [-0.15, -0.1) is 0 Å². The lowest BCUT2D eigenvalue weighted by Gasteiger charge is -2.39. The van der Waals surface area contributed by atoms with E-state index < -0.39 is 0 Å². The zero-order valence-electron chi connectivity index (χ0n) is 15.7. The van der Waals surface area contributed by atoms with E-state index in [0.717, 1.165) is 32.1 Å². The van der Waals surface area contributed by atoms with Crippen molar-refractivity contribution in [3.63, 3.8) is 0 Å². The minimum absolute atomic E-state index is 0.0141. The number of carbonyl (C=O) groups excluding carboxylic acids is 1. The average molecular weight is 374 g/mol. The predicted molar refractivity (Wildman–Crippen MR) is 108 cm³/mol. The van der Waals surface area contributed by atoms with Crippen molar-refractivity contribution < 1.29 is 9.18 Å². The zero-order chi connectivity index (χ0) is 19.1. The third-order valence-electron chi connectivity index (χ3n) is 6.42. The number of halogens is 1. The van der Waals surface area contributed by atoms with E-state index in [1.165, 1.54) is 28.5 Å². The molecule has 28 heavy (non-hydrogen) atoms. The van der Waals surface area contributed by atoms with Gasteiger partial charge >= 0.3 is 0 Å². The number of rotatable bonds is 3. The first-order valence-corrected chi connectivity index (χ1v) is 10.1. The van der Waals surface area contributed by atoms with Crippen molar-refractivity contribution in [3.05, 3.63) is 77.9 Å². The van der Waals surface area contributed by atoms with Gasteiger partial charge in [0.2, 0.25) is 0 Å². The third kappa shape index (κ3) is 3.07. The Morgan fingerprint density at radius 2 is 1.86 bits per heavy atom. The normalized spacial score (nSPS) is 23.9. The first-order valence-electron chi connectivity index (χ1n) is 10.1. The molecule has 2 atom stereocenters. The van der Waals surface area contributed by atoms with E-state index in [1.807, 2.05) is 17.3 Å². The summed E-state index contributed by atoms with van der Waals surface area (Å²) in [5.41, 5.74) is 1.82. The molecule has 0 N–H and O–H groups in total. The van der Waals surface area contributed by atoms with E-state index in [4.69, 9.17) is 0 Å². The van der Waals surface area contributed by atoms with Gasteiger partial charge in [-0.25, -0.2) is 4.39 Å². The Morgan fingerprint density at radius 3 is 2.64 bits per heavy atom. The van der Waals surface area contributed by atoms with Crippen LogP contribution in [0.15, 0.2) is 60.9 Å². The minimum Gasteiger partial charge on any atom is -0.333 e. The molecule has 2 aliphatic rings. The molecule has 5 rings (SSSR count). The Morgan fingerprint density at radius 1 is 1.07 bits per heavy atom. The molecule has 1 amide bonds. The molecule has 4 heteroatoms. The lowest BCUT2D eigenvalue weighted by molar-refractivity contribution is 0.0524. The number of carbonyl (C=O) groups is 1. The van der Waals surface area contributed by atoms with Crippen molar-refractivity contribution in [3.8, 4) is 0 Å². The molecule has 2 aliphatic heterocycles. The Hall–Kier alpha value is -2.75. The second-order valence-electron chi connectivity index (χ2n) is 8.16. The number of pyridine rings is 1. The summed E-state index contributed by atoms with van der Waals surface area (Å²) < 4.78 is 13.6.